The van der Waals surface area contributed by atoms with E-state index in [1.165, 1.54) is 30.0 Å². The van der Waals surface area contributed by atoms with E-state index in [0.29, 0.717) is 22.2 Å². The number of aryl methyl sites for hydroxylation is 3. The van der Waals surface area contributed by atoms with E-state index in [2.05, 4.69) is 35.9 Å². The second-order valence-electron chi connectivity index (χ2n) is 6.23. The Morgan fingerprint density at radius 1 is 1.07 bits per heavy atom. The van der Waals surface area contributed by atoms with Crippen molar-refractivity contribution in [2.45, 2.75) is 25.9 Å². The maximum absolute atomic E-state index is 12.2. The molecule has 0 radical (unpaired) electrons. The van der Waals surface area contributed by atoms with Crippen LogP contribution in [-0.2, 0) is 4.74 Å². The first-order chi connectivity index (χ1) is 13.0. The minimum atomic E-state index is -0.394. The minimum Gasteiger partial charge on any atom is -0.496 e. The van der Waals surface area contributed by atoms with E-state index in [9.17, 15) is 4.79 Å². The highest BCUT2D eigenvalue weighted by atomic mass is 32.2. The zero-order chi connectivity index (χ0) is 19.4. The molecule has 6 heteroatoms. The van der Waals surface area contributed by atoms with E-state index in [4.69, 9.17) is 9.47 Å². The molecule has 0 N–H and O–H groups in total. The van der Waals surface area contributed by atoms with Gasteiger partial charge in [0.05, 0.1) is 12.6 Å². The molecule has 2 aromatic carbocycles. The maximum atomic E-state index is 12.2. The van der Waals surface area contributed by atoms with Crippen LogP contribution in [0.3, 0.4) is 0 Å². The van der Waals surface area contributed by atoms with Gasteiger partial charge in [-0.05, 0) is 56.2 Å². The molecule has 0 saturated heterocycles. The van der Waals surface area contributed by atoms with Crippen LogP contribution < -0.4 is 4.74 Å². The summed E-state index contributed by atoms with van der Waals surface area (Å²) in [7, 11) is 1.53. The smallest absolute Gasteiger partial charge is 0.341 e. The number of aromatic nitrogens is 2. The van der Waals surface area contributed by atoms with Crippen molar-refractivity contribution in [2.24, 2.45) is 0 Å². The third-order valence-electron chi connectivity index (χ3n) is 4.36. The molecular weight excluding hydrogens is 360 g/mol. The highest BCUT2D eigenvalue weighted by Gasteiger charge is 2.13. The van der Waals surface area contributed by atoms with Gasteiger partial charge in [-0.15, -0.1) is 0 Å². The number of thioether (sulfide) groups is 1. The molecule has 1 heterocycles. The lowest BCUT2D eigenvalue weighted by Crippen LogP contribution is -2.09. The molecule has 0 unspecified atom stereocenters. The molecule has 27 heavy (non-hydrogen) atoms. The molecule has 0 aliphatic heterocycles. The van der Waals surface area contributed by atoms with Crippen molar-refractivity contribution in [1.82, 2.24) is 9.97 Å². The SMILES string of the molecule is COc1ccccc1C(=O)OCCSc1nc(C)c2cc(C)c(C)cc2n1. The van der Waals surface area contributed by atoms with Crippen LogP contribution in [-0.4, -0.2) is 35.4 Å². The number of methoxy groups -OCH3 is 1. The number of rotatable bonds is 6. The normalized spacial score (nSPS) is 10.8. The molecular formula is C21H22N2O3S. The molecule has 3 rings (SSSR count). The van der Waals surface area contributed by atoms with Crippen molar-refractivity contribution < 1.29 is 14.3 Å². The Labute approximate surface area is 163 Å². The summed E-state index contributed by atoms with van der Waals surface area (Å²) >= 11 is 1.48. The number of carbonyl (C=O) groups excluding carboxylic acids is 1. The number of benzene rings is 2. The zero-order valence-corrected chi connectivity index (χ0v) is 16.7. The van der Waals surface area contributed by atoms with Gasteiger partial charge in [0.1, 0.15) is 17.9 Å². The van der Waals surface area contributed by atoms with Gasteiger partial charge in [-0.25, -0.2) is 14.8 Å². The maximum Gasteiger partial charge on any atom is 0.341 e. The van der Waals surface area contributed by atoms with Crippen LogP contribution in [0, 0.1) is 20.8 Å². The minimum absolute atomic E-state index is 0.273. The van der Waals surface area contributed by atoms with Crippen molar-refractivity contribution >= 4 is 28.6 Å². The number of carbonyl (C=O) groups is 1. The van der Waals surface area contributed by atoms with Crippen LogP contribution in [0.15, 0.2) is 41.6 Å². The van der Waals surface area contributed by atoms with Crippen LogP contribution in [0.4, 0.5) is 0 Å². The van der Waals surface area contributed by atoms with E-state index in [1.807, 2.05) is 13.0 Å². The summed E-state index contributed by atoms with van der Waals surface area (Å²) in [5, 5.41) is 1.77. The van der Waals surface area contributed by atoms with Crippen molar-refractivity contribution in [1.29, 1.82) is 0 Å². The number of fused-ring (bicyclic) bond motifs is 1. The molecule has 0 amide bonds. The lowest BCUT2D eigenvalue weighted by molar-refractivity contribution is 0.0526. The third kappa shape index (κ3) is 4.39. The van der Waals surface area contributed by atoms with Gasteiger partial charge in [-0.1, -0.05) is 23.9 Å². The van der Waals surface area contributed by atoms with Crippen molar-refractivity contribution in [3.63, 3.8) is 0 Å². The van der Waals surface area contributed by atoms with E-state index in [0.717, 1.165) is 16.6 Å². The van der Waals surface area contributed by atoms with Crippen molar-refractivity contribution in [3.8, 4) is 5.75 Å². The Morgan fingerprint density at radius 2 is 1.81 bits per heavy atom. The Morgan fingerprint density at radius 3 is 2.59 bits per heavy atom. The standard InChI is InChI=1S/C21H22N2O3S/c1-13-11-17-15(3)22-21(23-18(17)12-14(13)2)27-10-9-26-20(24)16-7-5-6-8-19(16)25-4/h5-8,11-12H,9-10H2,1-4H3. The summed E-state index contributed by atoms with van der Waals surface area (Å²) in [6.07, 6.45) is 0. The van der Waals surface area contributed by atoms with E-state index >= 15 is 0 Å². The molecule has 140 valence electrons. The zero-order valence-electron chi connectivity index (χ0n) is 15.9. The van der Waals surface area contributed by atoms with Crippen LogP contribution in [0.2, 0.25) is 0 Å². The quantitative estimate of drug-likeness (QED) is 0.270. The van der Waals surface area contributed by atoms with Crippen LogP contribution in [0.25, 0.3) is 10.9 Å². The van der Waals surface area contributed by atoms with Gasteiger partial charge in [0.25, 0.3) is 0 Å². The molecule has 0 spiro atoms. The average molecular weight is 382 g/mol. The summed E-state index contributed by atoms with van der Waals surface area (Å²) in [5.41, 5.74) is 4.77. The predicted molar refractivity (Wildman–Crippen MR) is 108 cm³/mol. The van der Waals surface area contributed by atoms with Crippen molar-refractivity contribution in [2.75, 3.05) is 19.5 Å². The van der Waals surface area contributed by atoms with Gasteiger partial charge in [-0.3, -0.25) is 0 Å². The summed E-state index contributed by atoms with van der Waals surface area (Å²) in [5.74, 6) is 0.695. The number of nitrogens with zero attached hydrogens (tertiary/aromatic N) is 2. The van der Waals surface area contributed by atoms with Crippen LogP contribution in [0.1, 0.15) is 27.2 Å². The fraction of sp³-hybridized carbons (Fsp3) is 0.286. The topological polar surface area (TPSA) is 61.3 Å². The first-order valence-corrected chi connectivity index (χ1v) is 9.66. The molecule has 0 saturated carbocycles. The average Bonchev–Trinajstić information content (AvgIpc) is 2.66. The number of hydrogen-bond acceptors (Lipinski definition) is 6. The molecule has 3 aromatic rings. The molecule has 0 aliphatic carbocycles. The fourth-order valence-electron chi connectivity index (χ4n) is 2.74. The van der Waals surface area contributed by atoms with E-state index in [-0.39, 0.29) is 6.61 Å². The lowest BCUT2D eigenvalue weighted by atomic mass is 10.1. The van der Waals surface area contributed by atoms with Crippen LogP contribution in [0.5, 0.6) is 5.75 Å². The van der Waals surface area contributed by atoms with Gasteiger partial charge in [0.15, 0.2) is 5.16 Å². The summed E-state index contributed by atoms with van der Waals surface area (Å²) < 4.78 is 10.5. The van der Waals surface area contributed by atoms with Gasteiger partial charge < -0.3 is 9.47 Å². The highest BCUT2D eigenvalue weighted by Crippen LogP contribution is 2.24. The molecule has 1 aromatic heterocycles. The van der Waals surface area contributed by atoms with Crippen LogP contribution >= 0.6 is 11.8 Å². The van der Waals surface area contributed by atoms with Gasteiger partial charge >= 0.3 is 5.97 Å². The Hall–Kier alpha value is -2.60. The van der Waals surface area contributed by atoms with Gasteiger partial charge in [0.2, 0.25) is 0 Å². The first-order valence-electron chi connectivity index (χ1n) is 8.68. The predicted octanol–water partition coefficient (Wildman–Crippen LogP) is 4.51. The van der Waals surface area contributed by atoms with E-state index in [1.54, 1.807) is 18.2 Å². The van der Waals surface area contributed by atoms with Crippen molar-refractivity contribution in [3.05, 3.63) is 58.8 Å². The summed E-state index contributed by atoms with van der Waals surface area (Å²) in [4.78, 5) is 21.4. The summed E-state index contributed by atoms with van der Waals surface area (Å²) in [6, 6.07) is 11.2. The second-order valence-corrected chi connectivity index (χ2v) is 7.29. The monoisotopic (exact) mass is 382 g/mol. The van der Waals surface area contributed by atoms with Gasteiger partial charge in [-0.2, -0.15) is 0 Å². The molecule has 0 bridgehead atoms. The Balaban J connectivity index is 1.62. The first kappa shape index (κ1) is 19.2. The Bertz CT molecular complexity index is 989. The van der Waals surface area contributed by atoms with E-state index < -0.39 is 5.97 Å². The fourth-order valence-corrected chi connectivity index (χ4v) is 3.45. The third-order valence-corrected chi connectivity index (χ3v) is 5.17. The molecule has 0 atom stereocenters. The molecule has 0 aliphatic rings. The molecule has 0 fully saturated rings. The number of para-hydroxylation sites is 1. The van der Waals surface area contributed by atoms with Gasteiger partial charge in [0, 0.05) is 16.8 Å². The second kappa shape index (κ2) is 8.39. The Kier molecular flexibility index (Phi) is 5.96. The highest BCUT2D eigenvalue weighted by molar-refractivity contribution is 7.99. The lowest BCUT2D eigenvalue weighted by Gasteiger charge is -2.09. The molecule has 5 nitrogen and oxygen atoms in total. The number of ether oxygens (including phenoxy) is 2. The summed E-state index contributed by atoms with van der Waals surface area (Å²) in [6.45, 7) is 6.43. The number of hydrogen-bond donors (Lipinski definition) is 0. The number of esters is 1. The largest absolute Gasteiger partial charge is 0.496 e.